The summed E-state index contributed by atoms with van der Waals surface area (Å²) in [4.78, 5) is 26.4. The highest BCUT2D eigenvalue weighted by Crippen LogP contribution is 2.50. The molecule has 1 aromatic carbocycles. The molecule has 122 valence electrons. The van der Waals surface area contributed by atoms with E-state index in [9.17, 15) is 9.59 Å². The van der Waals surface area contributed by atoms with Gasteiger partial charge in [0.1, 0.15) is 11.8 Å². The zero-order valence-electron chi connectivity index (χ0n) is 13.2. The van der Waals surface area contributed by atoms with Crippen molar-refractivity contribution in [3.8, 4) is 11.1 Å². The Hall–Kier alpha value is -2.56. The highest BCUT2D eigenvalue weighted by atomic mass is 16.3. The van der Waals surface area contributed by atoms with E-state index in [4.69, 9.17) is 4.42 Å². The molecule has 2 bridgehead atoms. The fourth-order valence-electron chi connectivity index (χ4n) is 4.42. The third-order valence-corrected chi connectivity index (χ3v) is 5.73. The van der Waals surface area contributed by atoms with Gasteiger partial charge in [-0.1, -0.05) is 30.3 Å². The Morgan fingerprint density at radius 3 is 2.71 bits per heavy atom. The Labute approximate surface area is 139 Å². The van der Waals surface area contributed by atoms with Crippen LogP contribution in [0.4, 0.5) is 5.88 Å². The number of nitrogens with one attached hydrogen (secondary N) is 1. The lowest BCUT2D eigenvalue weighted by Crippen LogP contribution is -2.73. The van der Waals surface area contributed by atoms with E-state index in [2.05, 4.69) is 22.3 Å². The molecule has 1 N–H and O–H groups in total. The molecule has 2 amide bonds. The maximum absolute atomic E-state index is 12.5. The predicted molar refractivity (Wildman–Crippen MR) is 88.4 cm³/mol. The van der Waals surface area contributed by atoms with Crippen LogP contribution in [-0.2, 0) is 16.0 Å². The number of carbonyl (C=O) groups is 2. The summed E-state index contributed by atoms with van der Waals surface area (Å²) in [6, 6.07) is 10.2. The molecule has 1 aliphatic carbocycles. The fourth-order valence-corrected chi connectivity index (χ4v) is 4.42. The minimum Gasteiger partial charge on any atom is -0.448 e. The van der Waals surface area contributed by atoms with Crippen LogP contribution in [0.15, 0.2) is 41.0 Å². The maximum atomic E-state index is 12.5. The second-order valence-corrected chi connectivity index (χ2v) is 7.01. The molecular weight excluding hydrogens is 304 g/mol. The number of furan rings is 1. The van der Waals surface area contributed by atoms with Crippen LogP contribution in [0, 0.1) is 5.92 Å². The Kier molecular flexibility index (Phi) is 2.72. The monoisotopic (exact) mass is 322 g/mol. The van der Waals surface area contributed by atoms with E-state index in [1.54, 1.807) is 6.26 Å². The zero-order chi connectivity index (χ0) is 16.3. The van der Waals surface area contributed by atoms with Gasteiger partial charge in [0.25, 0.3) is 5.91 Å². The normalized spacial score (nSPS) is 28.2. The number of carbonyl (C=O) groups excluding carboxylic acids is 2. The van der Waals surface area contributed by atoms with Crippen LogP contribution in [0.2, 0.25) is 0 Å². The van der Waals surface area contributed by atoms with Gasteiger partial charge in [0.2, 0.25) is 5.91 Å². The summed E-state index contributed by atoms with van der Waals surface area (Å²) < 4.78 is 5.93. The van der Waals surface area contributed by atoms with E-state index in [1.807, 2.05) is 18.2 Å². The third kappa shape index (κ3) is 1.70. The Morgan fingerprint density at radius 1 is 1.17 bits per heavy atom. The van der Waals surface area contributed by atoms with E-state index in [1.165, 1.54) is 5.56 Å². The molecule has 0 atom stereocenters. The second-order valence-electron chi connectivity index (χ2n) is 7.01. The molecule has 6 rings (SSSR count). The number of hydrogen-bond donors (Lipinski definition) is 1. The van der Waals surface area contributed by atoms with Gasteiger partial charge in [0.15, 0.2) is 5.88 Å². The van der Waals surface area contributed by atoms with Crippen molar-refractivity contribution in [3.05, 3.63) is 42.2 Å². The van der Waals surface area contributed by atoms with E-state index < -0.39 is 5.54 Å². The van der Waals surface area contributed by atoms with Crippen molar-refractivity contribution in [2.75, 3.05) is 11.4 Å². The first-order valence-electron chi connectivity index (χ1n) is 8.48. The number of anilines is 1. The Bertz CT molecular complexity index is 834. The standard InChI is InChI=1S/C19H18N2O3/c22-16-13-9-19(10-13,18(23)20-16)21-8-4-7-14-15(11-24-17(14)21)12-5-2-1-3-6-12/h1-3,5-6,11,13H,4,7-10H2,(H,20,22,23). The SMILES string of the molecule is O=C1NC(=O)C2(N3CCCc4c(-c5ccccc5)coc43)CC1C2. The molecule has 0 radical (unpaired) electrons. The molecule has 5 heteroatoms. The minimum absolute atomic E-state index is 0.0309. The average Bonchev–Trinajstić information content (AvgIpc) is 2.98. The summed E-state index contributed by atoms with van der Waals surface area (Å²) in [5, 5.41) is 2.53. The third-order valence-electron chi connectivity index (χ3n) is 5.73. The Morgan fingerprint density at radius 2 is 1.96 bits per heavy atom. The lowest BCUT2D eigenvalue weighted by molar-refractivity contribution is -0.150. The minimum atomic E-state index is -0.598. The fraction of sp³-hybridized carbons (Fsp3) is 0.368. The summed E-state index contributed by atoms with van der Waals surface area (Å²) >= 11 is 0. The van der Waals surface area contributed by atoms with Gasteiger partial charge >= 0.3 is 0 Å². The molecule has 1 aromatic heterocycles. The zero-order valence-corrected chi connectivity index (χ0v) is 13.2. The quantitative estimate of drug-likeness (QED) is 0.863. The number of amides is 2. The molecule has 1 saturated carbocycles. The van der Waals surface area contributed by atoms with Crippen molar-refractivity contribution in [1.29, 1.82) is 0 Å². The van der Waals surface area contributed by atoms with Crippen molar-refractivity contribution in [2.45, 2.75) is 31.2 Å². The van der Waals surface area contributed by atoms with Gasteiger partial charge in [-0.3, -0.25) is 14.9 Å². The lowest BCUT2D eigenvalue weighted by atomic mass is 9.63. The van der Waals surface area contributed by atoms with Crippen molar-refractivity contribution < 1.29 is 14.0 Å². The predicted octanol–water partition coefficient (Wildman–Crippen LogP) is 2.50. The van der Waals surface area contributed by atoms with E-state index in [-0.39, 0.29) is 17.7 Å². The van der Waals surface area contributed by atoms with Crippen LogP contribution in [0.1, 0.15) is 24.8 Å². The second kappa shape index (κ2) is 4.72. The van der Waals surface area contributed by atoms with Crippen LogP contribution >= 0.6 is 0 Å². The maximum Gasteiger partial charge on any atom is 0.252 e. The van der Waals surface area contributed by atoms with Gasteiger partial charge in [-0.2, -0.15) is 0 Å². The van der Waals surface area contributed by atoms with Crippen LogP contribution in [-0.4, -0.2) is 23.9 Å². The van der Waals surface area contributed by atoms with Crippen LogP contribution in [0.25, 0.3) is 11.1 Å². The number of piperidine rings is 2. The number of rotatable bonds is 2. The number of fused-ring (bicyclic) bond motifs is 3. The van der Waals surface area contributed by atoms with Crippen LogP contribution < -0.4 is 10.2 Å². The Balaban J connectivity index is 1.56. The van der Waals surface area contributed by atoms with E-state index in [0.717, 1.165) is 36.4 Å². The molecule has 2 saturated heterocycles. The summed E-state index contributed by atoms with van der Waals surface area (Å²) in [5.41, 5.74) is 2.82. The smallest absolute Gasteiger partial charge is 0.252 e. The highest BCUT2D eigenvalue weighted by molar-refractivity contribution is 6.08. The van der Waals surface area contributed by atoms with Crippen molar-refractivity contribution in [1.82, 2.24) is 5.32 Å². The topological polar surface area (TPSA) is 62.6 Å². The number of imide groups is 1. The molecule has 24 heavy (non-hydrogen) atoms. The first kappa shape index (κ1) is 13.8. The molecule has 3 aliphatic heterocycles. The molecule has 5 nitrogen and oxygen atoms in total. The van der Waals surface area contributed by atoms with Crippen molar-refractivity contribution in [3.63, 3.8) is 0 Å². The molecular formula is C19H18N2O3. The molecule has 4 aliphatic rings. The largest absolute Gasteiger partial charge is 0.448 e. The van der Waals surface area contributed by atoms with Gasteiger partial charge in [-0.05, 0) is 31.2 Å². The number of benzene rings is 1. The molecule has 2 aromatic rings. The van der Waals surface area contributed by atoms with Gasteiger partial charge in [0.05, 0.1) is 0 Å². The van der Waals surface area contributed by atoms with Crippen LogP contribution in [0.3, 0.4) is 0 Å². The van der Waals surface area contributed by atoms with Crippen LogP contribution in [0.5, 0.6) is 0 Å². The summed E-state index contributed by atoms with van der Waals surface area (Å²) in [5.74, 6) is 0.490. The number of hydrogen-bond acceptors (Lipinski definition) is 4. The first-order valence-corrected chi connectivity index (χ1v) is 8.48. The summed E-state index contributed by atoms with van der Waals surface area (Å²) in [6.45, 7) is 0.795. The average molecular weight is 322 g/mol. The van der Waals surface area contributed by atoms with E-state index in [0.29, 0.717) is 12.8 Å². The molecule has 3 fully saturated rings. The summed E-state index contributed by atoms with van der Waals surface area (Å²) in [7, 11) is 0. The van der Waals surface area contributed by atoms with Gasteiger partial charge in [-0.25, -0.2) is 0 Å². The van der Waals surface area contributed by atoms with Crippen molar-refractivity contribution in [2.24, 2.45) is 5.92 Å². The summed E-state index contributed by atoms with van der Waals surface area (Å²) in [6.07, 6.45) is 4.96. The van der Waals surface area contributed by atoms with Crippen molar-refractivity contribution >= 4 is 17.7 Å². The van der Waals surface area contributed by atoms with E-state index >= 15 is 0 Å². The van der Waals surface area contributed by atoms with Gasteiger partial charge in [-0.15, -0.1) is 0 Å². The van der Waals surface area contributed by atoms with Gasteiger partial charge < -0.3 is 9.32 Å². The molecule has 0 unspecified atom stereocenters. The number of nitrogens with zero attached hydrogens (tertiary/aromatic N) is 1. The highest BCUT2D eigenvalue weighted by Gasteiger charge is 2.61. The van der Waals surface area contributed by atoms with Gasteiger partial charge in [0, 0.05) is 23.6 Å². The molecule has 0 spiro atoms. The first-order chi connectivity index (χ1) is 11.7. The lowest BCUT2D eigenvalue weighted by Gasteiger charge is -2.56. The molecule has 4 heterocycles.